The lowest BCUT2D eigenvalue weighted by Crippen LogP contribution is -2.52. The molecular weight excluding hydrogens is 438 g/mol. The Kier molecular flexibility index (Phi) is 7.14. The van der Waals surface area contributed by atoms with Gasteiger partial charge in [0.2, 0.25) is 0 Å². The quantitative estimate of drug-likeness (QED) is 0.433. The van der Waals surface area contributed by atoms with Crippen molar-refractivity contribution >= 4 is 0 Å². The van der Waals surface area contributed by atoms with E-state index in [1.807, 2.05) is 5.57 Å². The number of likely N-dealkylation sites (tertiary alicyclic amines) is 1. The molecule has 2 heteroatoms. The van der Waals surface area contributed by atoms with Crippen LogP contribution in [-0.4, -0.2) is 28.7 Å². The fourth-order valence-corrected chi connectivity index (χ4v) is 10.4. The van der Waals surface area contributed by atoms with Crippen LogP contribution >= 0.6 is 0 Å². The fourth-order valence-electron chi connectivity index (χ4n) is 10.4. The molecule has 0 amide bonds. The van der Waals surface area contributed by atoms with Gasteiger partial charge in [0, 0.05) is 12.6 Å². The molecule has 0 spiro atoms. The van der Waals surface area contributed by atoms with Gasteiger partial charge >= 0.3 is 0 Å². The van der Waals surface area contributed by atoms with Gasteiger partial charge in [0.25, 0.3) is 0 Å². The first-order valence-electron chi connectivity index (χ1n) is 15.6. The lowest BCUT2D eigenvalue weighted by molar-refractivity contribution is -0.0370. The van der Waals surface area contributed by atoms with Gasteiger partial charge in [-0.25, -0.2) is 0 Å². The molecule has 4 fully saturated rings. The maximum atomic E-state index is 11.3. The van der Waals surface area contributed by atoms with Gasteiger partial charge < -0.3 is 5.11 Å². The molecule has 2 nitrogen and oxygen atoms in total. The second-order valence-electron chi connectivity index (χ2n) is 14.0. The minimum atomic E-state index is -0.181. The molecule has 0 bridgehead atoms. The van der Waals surface area contributed by atoms with Gasteiger partial charge in [-0.15, -0.1) is 0 Å². The summed E-state index contributed by atoms with van der Waals surface area (Å²) in [6.45, 7) is 9.79. The molecule has 0 radical (unpaired) electrons. The molecule has 198 valence electrons. The van der Waals surface area contributed by atoms with Crippen molar-refractivity contribution in [2.24, 2.45) is 40.9 Å². The van der Waals surface area contributed by atoms with E-state index in [2.05, 4.69) is 56.0 Å². The lowest BCUT2D eigenvalue weighted by atomic mass is 9.52. The van der Waals surface area contributed by atoms with E-state index in [1.165, 1.54) is 69.8 Å². The van der Waals surface area contributed by atoms with Crippen molar-refractivity contribution in [3.05, 3.63) is 47.0 Å². The molecule has 3 saturated carbocycles. The van der Waals surface area contributed by atoms with Crippen molar-refractivity contribution in [1.29, 1.82) is 0 Å². The monoisotopic (exact) mass is 489 g/mol. The Balaban J connectivity index is 1.20. The van der Waals surface area contributed by atoms with E-state index in [0.29, 0.717) is 23.3 Å². The van der Waals surface area contributed by atoms with E-state index in [1.54, 1.807) is 5.57 Å². The molecule has 1 N–H and O–H groups in total. The average molecular weight is 490 g/mol. The summed E-state index contributed by atoms with van der Waals surface area (Å²) in [5.74, 6) is 5.04. The van der Waals surface area contributed by atoms with E-state index in [4.69, 9.17) is 0 Å². The SMILES string of the molecule is CC1=C2CC3C(CCC4CCCCC43C)C2CCC(C(C)C2C(O)CCCN2Cc2ccccc2)C1. The summed E-state index contributed by atoms with van der Waals surface area (Å²) in [4.78, 5) is 2.63. The number of nitrogens with zero attached hydrogens (tertiary/aromatic N) is 1. The number of allylic oxidation sites excluding steroid dienone is 2. The van der Waals surface area contributed by atoms with Crippen LogP contribution in [0.3, 0.4) is 0 Å². The van der Waals surface area contributed by atoms with Gasteiger partial charge in [-0.1, -0.05) is 68.2 Å². The highest BCUT2D eigenvalue weighted by molar-refractivity contribution is 5.27. The first-order valence-corrected chi connectivity index (χ1v) is 15.6. The Morgan fingerprint density at radius 2 is 1.81 bits per heavy atom. The standard InChI is InChI=1S/C34H51NO/c1-23-20-26(24(2)33-32(36)13-9-19-35(33)22-25-10-5-4-6-11-25)14-16-28-29-17-15-27-12-7-8-18-34(27,3)31(29)21-30(23)28/h4-6,10-11,24,26-29,31-33,36H,7-9,12-22H2,1-3H3. The fraction of sp³-hybridized carbons (Fsp3) is 0.765. The maximum Gasteiger partial charge on any atom is 0.0698 e. The second-order valence-corrected chi connectivity index (χ2v) is 14.0. The third-order valence-electron chi connectivity index (χ3n) is 12.3. The second kappa shape index (κ2) is 10.2. The Morgan fingerprint density at radius 3 is 2.64 bits per heavy atom. The van der Waals surface area contributed by atoms with Crippen molar-refractivity contribution in [1.82, 2.24) is 4.90 Å². The highest BCUT2D eigenvalue weighted by Gasteiger charge is 2.55. The Bertz CT molecular complexity index is 938. The Morgan fingerprint density at radius 1 is 0.972 bits per heavy atom. The van der Waals surface area contributed by atoms with Gasteiger partial charge in [-0.2, -0.15) is 0 Å². The first kappa shape index (κ1) is 25.2. The number of fused-ring (bicyclic) bond motifs is 5. The predicted molar refractivity (Wildman–Crippen MR) is 149 cm³/mol. The zero-order valence-corrected chi connectivity index (χ0v) is 23.3. The van der Waals surface area contributed by atoms with E-state index in [-0.39, 0.29) is 6.10 Å². The molecular formula is C34H51NO. The third kappa shape index (κ3) is 4.43. The summed E-state index contributed by atoms with van der Waals surface area (Å²) in [6.07, 6.45) is 16.3. The van der Waals surface area contributed by atoms with Crippen LogP contribution in [0.25, 0.3) is 0 Å². The maximum absolute atomic E-state index is 11.3. The molecule has 36 heavy (non-hydrogen) atoms. The minimum absolute atomic E-state index is 0.181. The topological polar surface area (TPSA) is 23.5 Å². The van der Waals surface area contributed by atoms with Crippen LogP contribution in [0.1, 0.15) is 103 Å². The molecule has 9 atom stereocenters. The Labute approximate surface area is 220 Å². The number of hydrogen-bond donors (Lipinski definition) is 1. The zero-order valence-electron chi connectivity index (χ0n) is 23.3. The summed E-state index contributed by atoms with van der Waals surface area (Å²) < 4.78 is 0. The molecule has 1 heterocycles. The first-order chi connectivity index (χ1) is 17.5. The van der Waals surface area contributed by atoms with Gasteiger partial charge in [-0.05, 0) is 124 Å². The zero-order chi connectivity index (χ0) is 24.9. The molecule has 5 aliphatic rings. The highest BCUT2D eigenvalue weighted by Crippen LogP contribution is 2.64. The Hall–Kier alpha value is -1.12. The van der Waals surface area contributed by atoms with E-state index in [9.17, 15) is 5.11 Å². The van der Waals surface area contributed by atoms with Crippen LogP contribution in [0.4, 0.5) is 0 Å². The number of rotatable bonds is 4. The molecule has 6 rings (SSSR count). The van der Waals surface area contributed by atoms with E-state index in [0.717, 1.165) is 49.6 Å². The smallest absolute Gasteiger partial charge is 0.0698 e. The summed E-state index contributed by atoms with van der Waals surface area (Å²) in [7, 11) is 0. The number of hydrogen-bond acceptors (Lipinski definition) is 2. The molecule has 1 saturated heterocycles. The van der Waals surface area contributed by atoms with Crippen molar-refractivity contribution in [2.75, 3.05) is 6.54 Å². The van der Waals surface area contributed by atoms with E-state index >= 15 is 0 Å². The van der Waals surface area contributed by atoms with Crippen molar-refractivity contribution < 1.29 is 5.11 Å². The van der Waals surface area contributed by atoms with Crippen molar-refractivity contribution in [2.45, 2.75) is 117 Å². The molecule has 1 aromatic carbocycles. The van der Waals surface area contributed by atoms with Gasteiger partial charge in [0.15, 0.2) is 0 Å². The van der Waals surface area contributed by atoms with Gasteiger partial charge in [0.1, 0.15) is 0 Å². The summed E-state index contributed by atoms with van der Waals surface area (Å²) in [5.41, 5.74) is 5.66. The van der Waals surface area contributed by atoms with E-state index < -0.39 is 0 Å². The third-order valence-corrected chi connectivity index (χ3v) is 12.3. The number of piperidine rings is 1. The van der Waals surface area contributed by atoms with Gasteiger partial charge in [-0.3, -0.25) is 4.90 Å². The van der Waals surface area contributed by atoms with Crippen LogP contribution in [0.15, 0.2) is 41.5 Å². The number of benzene rings is 1. The van der Waals surface area contributed by atoms with Crippen molar-refractivity contribution in [3.8, 4) is 0 Å². The van der Waals surface area contributed by atoms with Crippen LogP contribution in [0.5, 0.6) is 0 Å². The summed E-state index contributed by atoms with van der Waals surface area (Å²) in [6, 6.07) is 11.2. The molecule has 0 aromatic heterocycles. The largest absolute Gasteiger partial charge is 0.391 e. The van der Waals surface area contributed by atoms with Crippen LogP contribution in [0, 0.1) is 40.9 Å². The van der Waals surface area contributed by atoms with Crippen molar-refractivity contribution in [3.63, 3.8) is 0 Å². The molecule has 4 aliphatic carbocycles. The van der Waals surface area contributed by atoms with Crippen LogP contribution in [0.2, 0.25) is 0 Å². The summed E-state index contributed by atoms with van der Waals surface area (Å²) in [5, 5.41) is 11.3. The average Bonchev–Trinajstić information content (AvgIpc) is 3.18. The number of aliphatic hydroxyl groups is 1. The normalized spacial score (nSPS) is 42.3. The van der Waals surface area contributed by atoms with Crippen LogP contribution < -0.4 is 0 Å². The molecule has 9 unspecified atom stereocenters. The lowest BCUT2D eigenvalue weighted by Gasteiger charge is -2.52. The van der Waals surface area contributed by atoms with Crippen LogP contribution in [-0.2, 0) is 6.54 Å². The molecule has 1 aromatic rings. The number of aliphatic hydroxyl groups excluding tert-OH is 1. The summed E-state index contributed by atoms with van der Waals surface area (Å²) >= 11 is 0. The van der Waals surface area contributed by atoms with Gasteiger partial charge in [0.05, 0.1) is 6.10 Å². The highest BCUT2D eigenvalue weighted by atomic mass is 16.3. The predicted octanol–water partition coefficient (Wildman–Crippen LogP) is 8.01. The molecule has 1 aliphatic heterocycles. The minimum Gasteiger partial charge on any atom is -0.391 e.